The number of benzene rings is 1. The summed E-state index contributed by atoms with van der Waals surface area (Å²) in [6.07, 6.45) is 5.26. The van der Waals surface area contributed by atoms with E-state index in [1.165, 1.54) is 6.07 Å². The molecule has 2 N–H and O–H groups in total. The number of rotatable bonds is 4. The van der Waals surface area contributed by atoms with Gasteiger partial charge in [0.1, 0.15) is 9.77 Å². The second-order valence-electron chi connectivity index (χ2n) is 3.88. The summed E-state index contributed by atoms with van der Waals surface area (Å²) in [5, 5.41) is 8.90. The van der Waals surface area contributed by atoms with Crippen LogP contribution in [-0.2, 0) is 10.0 Å². The molecule has 0 unspecified atom stereocenters. The highest BCUT2D eigenvalue weighted by molar-refractivity contribution is 9.11. The Hall–Kier alpha value is -1.82. The molecule has 0 saturated heterocycles. The molecule has 1 aromatic heterocycles. The van der Waals surface area contributed by atoms with Gasteiger partial charge < -0.3 is 5.11 Å². The van der Waals surface area contributed by atoms with Gasteiger partial charge in [-0.1, -0.05) is 12.0 Å². The van der Waals surface area contributed by atoms with Crippen molar-refractivity contribution in [3.8, 4) is 12.3 Å². The van der Waals surface area contributed by atoms with Gasteiger partial charge in [0, 0.05) is 5.56 Å². The standard InChI is InChI=1S/C13H8BrNO4S2/c1-2-8-4-3-5-9(6-8)15-21(18,19)11-7-10(13(16)17)20-12(11)14/h1,3-7,15H,(H,16,17). The summed E-state index contributed by atoms with van der Waals surface area (Å²) in [7, 11) is -3.90. The zero-order valence-electron chi connectivity index (χ0n) is 10.3. The third kappa shape index (κ3) is 3.44. The van der Waals surface area contributed by atoms with Crippen molar-refractivity contribution in [3.05, 3.63) is 44.6 Å². The molecule has 0 saturated carbocycles. The maximum atomic E-state index is 12.3. The van der Waals surface area contributed by atoms with Gasteiger partial charge in [-0.3, -0.25) is 4.72 Å². The lowest BCUT2D eigenvalue weighted by molar-refractivity contribution is 0.0702. The summed E-state index contributed by atoms with van der Waals surface area (Å²) in [6, 6.07) is 7.45. The first kappa shape index (κ1) is 15.6. The first-order chi connectivity index (χ1) is 9.83. The van der Waals surface area contributed by atoms with Gasteiger partial charge >= 0.3 is 5.97 Å². The number of halogens is 1. The monoisotopic (exact) mass is 385 g/mol. The zero-order chi connectivity index (χ0) is 15.6. The van der Waals surface area contributed by atoms with Crippen molar-refractivity contribution in [1.82, 2.24) is 0 Å². The summed E-state index contributed by atoms with van der Waals surface area (Å²) >= 11 is 3.90. The van der Waals surface area contributed by atoms with E-state index >= 15 is 0 Å². The molecule has 1 aromatic carbocycles. The molecule has 2 aromatic rings. The first-order valence-electron chi connectivity index (χ1n) is 5.45. The summed E-state index contributed by atoms with van der Waals surface area (Å²) in [5.74, 6) is 1.22. The Balaban J connectivity index is 2.38. The number of aromatic carboxylic acids is 1. The van der Waals surface area contributed by atoms with Gasteiger partial charge in [0.2, 0.25) is 0 Å². The minimum Gasteiger partial charge on any atom is -0.477 e. The number of thiophene rings is 1. The van der Waals surface area contributed by atoms with Crippen molar-refractivity contribution in [2.75, 3.05) is 4.72 Å². The lowest BCUT2D eigenvalue weighted by atomic mass is 10.2. The Morgan fingerprint density at radius 3 is 2.67 bits per heavy atom. The third-order valence-corrected chi connectivity index (χ3v) is 6.06. The molecule has 0 aliphatic carbocycles. The topological polar surface area (TPSA) is 83.5 Å². The summed E-state index contributed by atoms with van der Waals surface area (Å²) in [6.45, 7) is 0. The summed E-state index contributed by atoms with van der Waals surface area (Å²) in [4.78, 5) is 10.7. The number of carboxylic acids is 1. The Kier molecular flexibility index (Phi) is 4.37. The highest BCUT2D eigenvalue weighted by atomic mass is 79.9. The number of hydrogen-bond donors (Lipinski definition) is 2. The van der Waals surface area contributed by atoms with Crippen molar-refractivity contribution < 1.29 is 18.3 Å². The van der Waals surface area contributed by atoms with Gasteiger partial charge in [-0.2, -0.15) is 0 Å². The number of carbonyl (C=O) groups is 1. The number of hydrogen-bond acceptors (Lipinski definition) is 4. The molecule has 0 fully saturated rings. The largest absolute Gasteiger partial charge is 0.477 e. The second-order valence-corrected chi connectivity index (χ2v) is 7.91. The van der Waals surface area contributed by atoms with E-state index < -0.39 is 16.0 Å². The highest BCUT2D eigenvalue weighted by Gasteiger charge is 2.23. The van der Waals surface area contributed by atoms with Crippen LogP contribution in [0.2, 0.25) is 0 Å². The maximum absolute atomic E-state index is 12.3. The molecule has 21 heavy (non-hydrogen) atoms. The van der Waals surface area contributed by atoms with Crippen molar-refractivity contribution in [2.45, 2.75) is 4.90 Å². The Bertz CT molecular complexity index is 849. The van der Waals surface area contributed by atoms with Gasteiger partial charge in [-0.05, 0) is 40.2 Å². The molecule has 0 aliphatic heterocycles. The van der Waals surface area contributed by atoms with Gasteiger partial charge in [0.25, 0.3) is 10.0 Å². The van der Waals surface area contributed by atoms with E-state index in [1.54, 1.807) is 18.2 Å². The molecule has 8 heteroatoms. The summed E-state index contributed by atoms with van der Waals surface area (Å²) < 4.78 is 27.1. The van der Waals surface area contributed by atoms with Crippen molar-refractivity contribution >= 4 is 48.9 Å². The minimum atomic E-state index is -3.90. The maximum Gasteiger partial charge on any atom is 0.345 e. The first-order valence-corrected chi connectivity index (χ1v) is 8.55. The van der Waals surface area contributed by atoms with Gasteiger partial charge in [0.15, 0.2) is 0 Å². The fraction of sp³-hybridized carbons (Fsp3) is 0. The number of sulfonamides is 1. The van der Waals surface area contributed by atoms with E-state index in [4.69, 9.17) is 11.5 Å². The van der Waals surface area contributed by atoms with Crippen LogP contribution in [0.1, 0.15) is 15.2 Å². The van der Waals surface area contributed by atoms with Crippen molar-refractivity contribution in [1.29, 1.82) is 0 Å². The SMILES string of the molecule is C#Cc1cccc(NS(=O)(=O)c2cc(C(=O)O)sc2Br)c1. The van der Waals surface area contributed by atoms with Crippen molar-refractivity contribution in [2.24, 2.45) is 0 Å². The number of terminal acetylenes is 1. The minimum absolute atomic E-state index is 0.0698. The van der Waals surface area contributed by atoms with E-state index in [0.717, 1.165) is 17.4 Å². The molecule has 5 nitrogen and oxygen atoms in total. The van der Waals surface area contributed by atoms with Crippen LogP contribution in [0.5, 0.6) is 0 Å². The van der Waals surface area contributed by atoms with E-state index in [1.807, 2.05) is 0 Å². The lowest BCUT2D eigenvalue weighted by Gasteiger charge is -2.07. The van der Waals surface area contributed by atoms with Crippen LogP contribution in [0.15, 0.2) is 39.0 Å². The molecule has 0 radical (unpaired) electrons. The highest BCUT2D eigenvalue weighted by Crippen LogP contribution is 2.32. The van der Waals surface area contributed by atoms with Gasteiger partial charge in [-0.15, -0.1) is 17.8 Å². The predicted octanol–water partition coefficient (Wildman–Crippen LogP) is 2.99. The molecule has 0 amide bonds. The Morgan fingerprint density at radius 2 is 2.10 bits per heavy atom. The Labute approximate surface area is 133 Å². The van der Waals surface area contributed by atoms with Gasteiger partial charge in [0.05, 0.1) is 9.47 Å². The molecule has 2 rings (SSSR count). The van der Waals surface area contributed by atoms with Crippen LogP contribution in [0.25, 0.3) is 0 Å². The number of carboxylic acid groups (broad SMARTS) is 1. The van der Waals surface area contributed by atoms with Crippen LogP contribution < -0.4 is 4.72 Å². The molecule has 0 bridgehead atoms. The van der Waals surface area contributed by atoms with E-state index in [0.29, 0.717) is 11.3 Å². The quantitative estimate of drug-likeness (QED) is 0.792. The normalized spacial score (nSPS) is 10.9. The van der Waals surface area contributed by atoms with Gasteiger partial charge in [-0.25, -0.2) is 13.2 Å². The molecular formula is C13H8BrNO4S2. The average molecular weight is 386 g/mol. The third-order valence-electron chi connectivity index (χ3n) is 2.44. The fourth-order valence-corrected chi connectivity index (χ4v) is 4.98. The van der Waals surface area contributed by atoms with Crippen molar-refractivity contribution in [3.63, 3.8) is 0 Å². The Morgan fingerprint density at radius 1 is 1.38 bits per heavy atom. The predicted molar refractivity (Wildman–Crippen MR) is 84.2 cm³/mol. The zero-order valence-corrected chi connectivity index (χ0v) is 13.5. The van der Waals surface area contributed by atoms with E-state index in [2.05, 4.69) is 26.6 Å². The van der Waals surface area contributed by atoms with Crippen LogP contribution >= 0.6 is 27.3 Å². The second kappa shape index (κ2) is 5.89. The summed E-state index contributed by atoms with van der Waals surface area (Å²) in [5.41, 5.74) is 0.839. The lowest BCUT2D eigenvalue weighted by Crippen LogP contribution is -2.12. The smallest absolute Gasteiger partial charge is 0.345 e. The van der Waals surface area contributed by atoms with Crippen LogP contribution in [0.4, 0.5) is 5.69 Å². The number of anilines is 1. The molecule has 108 valence electrons. The average Bonchev–Trinajstić information content (AvgIpc) is 2.81. The molecule has 0 atom stereocenters. The van der Waals surface area contributed by atoms with E-state index in [9.17, 15) is 13.2 Å². The molecule has 0 aliphatic rings. The fourth-order valence-electron chi connectivity index (χ4n) is 1.52. The van der Waals surface area contributed by atoms with Crippen LogP contribution in [0, 0.1) is 12.3 Å². The molecule has 1 heterocycles. The number of nitrogens with one attached hydrogen (secondary N) is 1. The molecular weight excluding hydrogens is 378 g/mol. The van der Waals surface area contributed by atoms with Crippen LogP contribution in [0.3, 0.4) is 0 Å². The van der Waals surface area contributed by atoms with E-state index in [-0.39, 0.29) is 13.6 Å². The van der Waals surface area contributed by atoms with Crippen LogP contribution in [-0.4, -0.2) is 19.5 Å². The molecule has 0 spiro atoms.